The number of carbonyl (C=O) groups excluding carboxylic acids is 1. The maximum Gasteiger partial charge on any atom is 0.258 e. The van der Waals surface area contributed by atoms with Crippen LogP contribution in [0.25, 0.3) is 11.6 Å². The third-order valence-corrected chi connectivity index (χ3v) is 4.13. The van der Waals surface area contributed by atoms with E-state index in [1.807, 2.05) is 30.3 Å². The molecular weight excluding hydrogens is 306 g/mol. The average Bonchev–Trinajstić information content (AvgIpc) is 2.86. The number of nitrogens with zero attached hydrogens (tertiary/aromatic N) is 1. The van der Waals surface area contributed by atoms with Gasteiger partial charge in [-0.2, -0.15) is 0 Å². The Morgan fingerprint density at radius 1 is 0.958 bits per heavy atom. The third kappa shape index (κ3) is 2.48. The molecule has 1 aliphatic heterocycles. The molecule has 0 saturated heterocycles. The van der Waals surface area contributed by atoms with Crippen LogP contribution >= 0.6 is 0 Å². The second kappa shape index (κ2) is 6.28. The van der Waals surface area contributed by atoms with E-state index >= 15 is 0 Å². The SMILES string of the molecule is COc1cc(OC)c(C=C2C(=O)N(C)c3ccccc32)c(OC)c1. The fourth-order valence-corrected chi connectivity index (χ4v) is 2.86. The summed E-state index contributed by atoms with van der Waals surface area (Å²) in [5, 5.41) is 0. The van der Waals surface area contributed by atoms with Crippen LogP contribution in [-0.2, 0) is 4.79 Å². The molecule has 0 fully saturated rings. The zero-order valence-electron chi connectivity index (χ0n) is 14.1. The van der Waals surface area contributed by atoms with Crippen LogP contribution in [0.1, 0.15) is 11.1 Å². The predicted octanol–water partition coefficient (Wildman–Crippen LogP) is 3.23. The molecule has 0 N–H and O–H groups in total. The van der Waals surface area contributed by atoms with Crippen LogP contribution in [0.4, 0.5) is 5.69 Å². The third-order valence-electron chi connectivity index (χ3n) is 4.13. The number of hydrogen-bond donors (Lipinski definition) is 0. The summed E-state index contributed by atoms with van der Waals surface area (Å²) in [7, 11) is 6.50. The van der Waals surface area contributed by atoms with Gasteiger partial charge in [0.15, 0.2) is 0 Å². The van der Waals surface area contributed by atoms with Crippen molar-refractivity contribution in [3.05, 3.63) is 47.5 Å². The maximum atomic E-state index is 12.6. The van der Waals surface area contributed by atoms with E-state index in [1.54, 1.807) is 45.4 Å². The molecule has 3 rings (SSSR count). The molecule has 0 saturated carbocycles. The van der Waals surface area contributed by atoms with Gasteiger partial charge in [0, 0.05) is 24.7 Å². The molecule has 0 unspecified atom stereocenters. The number of ether oxygens (including phenoxy) is 3. The van der Waals surface area contributed by atoms with Crippen molar-refractivity contribution in [3.63, 3.8) is 0 Å². The van der Waals surface area contributed by atoms with Gasteiger partial charge in [0.1, 0.15) is 17.2 Å². The zero-order chi connectivity index (χ0) is 17.3. The lowest BCUT2D eigenvalue weighted by molar-refractivity contribution is -0.112. The normalized spacial score (nSPS) is 14.8. The van der Waals surface area contributed by atoms with E-state index in [4.69, 9.17) is 14.2 Å². The van der Waals surface area contributed by atoms with E-state index < -0.39 is 0 Å². The Morgan fingerprint density at radius 2 is 1.58 bits per heavy atom. The number of rotatable bonds is 4. The van der Waals surface area contributed by atoms with E-state index in [2.05, 4.69) is 0 Å². The molecule has 0 radical (unpaired) electrons. The lowest BCUT2D eigenvalue weighted by atomic mass is 10.0. The number of benzene rings is 2. The lowest BCUT2D eigenvalue weighted by Crippen LogP contribution is -2.20. The first-order valence-corrected chi connectivity index (χ1v) is 7.50. The molecule has 1 heterocycles. The number of carbonyl (C=O) groups is 1. The highest BCUT2D eigenvalue weighted by atomic mass is 16.5. The fraction of sp³-hybridized carbons (Fsp3) is 0.211. The quantitative estimate of drug-likeness (QED) is 0.810. The number of fused-ring (bicyclic) bond motifs is 1. The van der Waals surface area contributed by atoms with Crippen molar-refractivity contribution < 1.29 is 19.0 Å². The number of amides is 1. The topological polar surface area (TPSA) is 48.0 Å². The second-order valence-electron chi connectivity index (χ2n) is 5.38. The van der Waals surface area contributed by atoms with E-state index in [0.717, 1.165) is 11.3 Å². The van der Waals surface area contributed by atoms with Gasteiger partial charge in [-0.3, -0.25) is 4.79 Å². The van der Waals surface area contributed by atoms with Crippen molar-refractivity contribution >= 4 is 23.2 Å². The summed E-state index contributed by atoms with van der Waals surface area (Å²) in [4.78, 5) is 14.3. The largest absolute Gasteiger partial charge is 0.496 e. The summed E-state index contributed by atoms with van der Waals surface area (Å²) in [5.74, 6) is 1.73. The molecule has 5 heteroatoms. The Balaban J connectivity index is 2.20. The molecule has 0 spiro atoms. The Morgan fingerprint density at radius 3 is 2.17 bits per heavy atom. The Hall–Kier alpha value is -2.95. The average molecular weight is 325 g/mol. The van der Waals surface area contributed by atoms with E-state index in [1.165, 1.54) is 0 Å². The van der Waals surface area contributed by atoms with Crippen LogP contribution in [-0.4, -0.2) is 34.3 Å². The van der Waals surface area contributed by atoms with Crippen molar-refractivity contribution in [1.82, 2.24) is 0 Å². The summed E-state index contributed by atoms with van der Waals surface area (Å²) in [6.07, 6.45) is 1.81. The van der Waals surface area contributed by atoms with Crippen LogP contribution in [0.2, 0.25) is 0 Å². The highest BCUT2D eigenvalue weighted by Gasteiger charge is 2.29. The van der Waals surface area contributed by atoms with Crippen molar-refractivity contribution in [2.75, 3.05) is 33.3 Å². The monoisotopic (exact) mass is 325 g/mol. The summed E-state index contributed by atoms with van der Waals surface area (Å²) >= 11 is 0. The number of para-hydroxylation sites is 1. The van der Waals surface area contributed by atoms with Gasteiger partial charge >= 0.3 is 0 Å². The molecule has 1 aliphatic rings. The highest BCUT2D eigenvalue weighted by Crippen LogP contribution is 2.41. The van der Waals surface area contributed by atoms with Crippen molar-refractivity contribution in [2.24, 2.45) is 0 Å². The van der Waals surface area contributed by atoms with E-state index in [9.17, 15) is 4.79 Å². The van der Waals surface area contributed by atoms with Gasteiger partial charge < -0.3 is 19.1 Å². The minimum atomic E-state index is -0.0591. The number of anilines is 1. The molecule has 5 nitrogen and oxygen atoms in total. The molecule has 124 valence electrons. The predicted molar refractivity (Wildman–Crippen MR) is 93.8 cm³/mol. The molecule has 0 atom stereocenters. The summed E-state index contributed by atoms with van der Waals surface area (Å²) in [5.41, 5.74) is 3.09. The van der Waals surface area contributed by atoms with Crippen LogP contribution < -0.4 is 19.1 Å². The fourth-order valence-electron chi connectivity index (χ4n) is 2.86. The minimum Gasteiger partial charge on any atom is -0.496 e. The first-order chi connectivity index (χ1) is 11.6. The van der Waals surface area contributed by atoms with E-state index in [-0.39, 0.29) is 5.91 Å². The maximum absolute atomic E-state index is 12.6. The Labute approximate surface area is 141 Å². The molecule has 0 aromatic heterocycles. The molecule has 2 aromatic carbocycles. The summed E-state index contributed by atoms with van der Waals surface area (Å²) < 4.78 is 16.2. The van der Waals surface area contributed by atoms with Gasteiger partial charge in [0.25, 0.3) is 5.91 Å². The van der Waals surface area contributed by atoms with Gasteiger partial charge in [-0.15, -0.1) is 0 Å². The summed E-state index contributed by atoms with van der Waals surface area (Å²) in [6, 6.07) is 11.2. The minimum absolute atomic E-state index is 0.0591. The smallest absolute Gasteiger partial charge is 0.258 e. The molecule has 0 aliphatic carbocycles. The van der Waals surface area contributed by atoms with Crippen molar-refractivity contribution in [2.45, 2.75) is 0 Å². The number of methoxy groups -OCH3 is 3. The Kier molecular flexibility index (Phi) is 4.16. The van der Waals surface area contributed by atoms with Crippen molar-refractivity contribution in [3.8, 4) is 17.2 Å². The zero-order valence-corrected chi connectivity index (χ0v) is 14.1. The van der Waals surface area contributed by atoms with E-state index in [0.29, 0.717) is 28.4 Å². The first kappa shape index (κ1) is 15.9. The lowest BCUT2D eigenvalue weighted by Gasteiger charge is -2.13. The first-order valence-electron chi connectivity index (χ1n) is 7.50. The number of hydrogen-bond acceptors (Lipinski definition) is 4. The number of likely N-dealkylation sites (N-methyl/N-ethyl adjacent to an activating group) is 1. The van der Waals surface area contributed by atoms with Crippen LogP contribution in [0.5, 0.6) is 17.2 Å². The van der Waals surface area contributed by atoms with Gasteiger partial charge in [-0.1, -0.05) is 18.2 Å². The van der Waals surface area contributed by atoms with Crippen LogP contribution in [0.3, 0.4) is 0 Å². The van der Waals surface area contributed by atoms with Crippen molar-refractivity contribution in [1.29, 1.82) is 0 Å². The molecule has 1 amide bonds. The van der Waals surface area contributed by atoms with Crippen LogP contribution in [0.15, 0.2) is 36.4 Å². The Bertz CT molecular complexity index is 801. The molecular formula is C19H19NO4. The standard InChI is InChI=1S/C19H19NO4/c1-20-16-8-6-5-7-13(16)14(19(20)21)11-15-17(23-3)9-12(22-2)10-18(15)24-4/h5-11H,1-4H3. The molecule has 2 aromatic rings. The molecule has 0 bridgehead atoms. The van der Waals surface area contributed by atoms with Gasteiger partial charge in [-0.05, 0) is 12.1 Å². The van der Waals surface area contributed by atoms with Gasteiger partial charge in [-0.25, -0.2) is 0 Å². The van der Waals surface area contributed by atoms with Gasteiger partial charge in [0.2, 0.25) is 0 Å². The second-order valence-corrected chi connectivity index (χ2v) is 5.38. The van der Waals surface area contributed by atoms with Crippen LogP contribution in [0, 0.1) is 0 Å². The highest BCUT2D eigenvalue weighted by molar-refractivity contribution is 6.35. The summed E-state index contributed by atoms with van der Waals surface area (Å²) in [6.45, 7) is 0. The van der Waals surface area contributed by atoms with Gasteiger partial charge in [0.05, 0.1) is 38.2 Å². The molecule has 24 heavy (non-hydrogen) atoms.